The summed E-state index contributed by atoms with van der Waals surface area (Å²) in [7, 11) is 0. The molecule has 0 aliphatic rings. The minimum atomic E-state index is 0.543. The van der Waals surface area contributed by atoms with Crippen LogP contribution >= 0.6 is 11.3 Å². The van der Waals surface area contributed by atoms with Crippen molar-refractivity contribution in [2.24, 2.45) is 0 Å². The number of hydrogen-bond donors (Lipinski definition) is 1. The van der Waals surface area contributed by atoms with Crippen LogP contribution in [0.25, 0.3) is 22.2 Å². The van der Waals surface area contributed by atoms with Crippen molar-refractivity contribution in [3.63, 3.8) is 0 Å². The van der Waals surface area contributed by atoms with Gasteiger partial charge in [-0.1, -0.05) is 23.4 Å². The highest BCUT2D eigenvalue weighted by atomic mass is 32.1. The maximum absolute atomic E-state index is 5.88. The Morgan fingerprint density at radius 2 is 2.11 bits per heavy atom. The topological polar surface area (TPSA) is 64.9 Å². The van der Waals surface area contributed by atoms with E-state index in [-0.39, 0.29) is 0 Å². The van der Waals surface area contributed by atoms with E-state index in [9.17, 15) is 0 Å². The lowest BCUT2D eigenvalue weighted by Crippen LogP contribution is -1.92. The first-order valence-corrected chi connectivity index (χ1v) is 6.37. The van der Waals surface area contributed by atoms with Gasteiger partial charge in [0.1, 0.15) is 0 Å². The van der Waals surface area contributed by atoms with Crippen LogP contribution in [0.15, 0.2) is 40.2 Å². The molecule has 0 aliphatic carbocycles. The molecule has 0 unspecified atom stereocenters. The largest absolute Gasteiger partial charge is 0.398 e. The summed E-state index contributed by atoms with van der Waals surface area (Å²) in [4.78, 5) is 5.37. The van der Waals surface area contributed by atoms with Crippen LogP contribution in [0.4, 0.5) is 5.69 Å². The van der Waals surface area contributed by atoms with Crippen molar-refractivity contribution in [1.29, 1.82) is 0 Å². The minimum Gasteiger partial charge on any atom is -0.398 e. The van der Waals surface area contributed by atoms with Crippen LogP contribution < -0.4 is 5.73 Å². The second kappa shape index (κ2) is 4.27. The molecule has 0 aliphatic heterocycles. The molecule has 90 valence electrons. The lowest BCUT2D eigenvalue weighted by molar-refractivity contribution is 0.433. The molecule has 2 heterocycles. The molecule has 0 saturated heterocycles. The first kappa shape index (κ1) is 11.0. The zero-order valence-electron chi connectivity index (χ0n) is 9.75. The molecule has 0 spiro atoms. The van der Waals surface area contributed by atoms with Crippen molar-refractivity contribution >= 4 is 17.0 Å². The summed E-state index contributed by atoms with van der Waals surface area (Å²) in [6.07, 6.45) is 0. The van der Waals surface area contributed by atoms with Gasteiger partial charge in [-0.2, -0.15) is 4.98 Å². The first-order valence-electron chi connectivity index (χ1n) is 5.49. The second-order valence-electron chi connectivity index (χ2n) is 3.92. The number of aromatic nitrogens is 2. The van der Waals surface area contributed by atoms with Gasteiger partial charge in [-0.25, -0.2) is 0 Å². The van der Waals surface area contributed by atoms with Crippen LogP contribution in [0.5, 0.6) is 0 Å². The van der Waals surface area contributed by atoms with Gasteiger partial charge in [0, 0.05) is 11.3 Å². The van der Waals surface area contributed by atoms with E-state index in [2.05, 4.69) is 10.1 Å². The third-order valence-corrected chi connectivity index (χ3v) is 3.63. The Kier molecular flexibility index (Phi) is 2.60. The molecule has 0 saturated carbocycles. The van der Waals surface area contributed by atoms with Crippen LogP contribution in [-0.2, 0) is 0 Å². The van der Waals surface area contributed by atoms with Crippen molar-refractivity contribution in [3.8, 4) is 22.2 Å². The van der Waals surface area contributed by atoms with Crippen LogP contribution in [0.3, 0.4) is 0 Å². The number of hydrogen-bond acceptors (Lipinski definition) is 5. The van der Waals surface area contributed by atoms with Crippen molar-refractivity contribution in [2.45, 2.75) is 6.92 Å². The average Bonchev–Trinajstić information content (AvgIpc) is 3.01. The molecular formula is C13H11N3OS. The van der Waals surface area contributed by atoms with Crippen molar-refractivity contribution in [3.05, 3.63) is 41.3 Å². The van der Waals surface area contributed by atoms with E-state index in [1.807, 2.05) is 42.6 Å². The maximum Gasteiger partial charge on any atom is 0.268 e. The van der Waals surface area contributed by atoms with Crippen molar-refractivity contribution in [2.75, 3.05) is 5.73 Å². The predicted octanol–water partition coefficient (Wildman–Crippen LogP) is 3.36. The summed E-state index contributed by atoms with van der Waals surface area (Å²) < 4.78 is 5.27. The van der Waals surface area contributed by atoms with E-state index in [0.717, 1.165) is 21.7 Å². The Balaban J connectivity index is 2.06. The van der Waals surface area contributed by atoms with Gasteiger partial charge in [-0.15, -0.1) is 11.3 Å². The number of anilines is 1. The highest BCUT2D eigenvalue weighted by Crippen LogP contribution is 2.28. The van der Waals surface area contributed by atoms with Gasteiger partial charge in [0.05, 0.1) is 4.88 Å². The van der Waals surface area contributed by atoms with Crippen molar-refractivity contribution < 1.29 is 4.52 Å². The fraction of sp³-hybridized carbons (Fsp3) is 0.0769. The Morgan fingerprint density at radius 3 is 2.89 bits per heavy atom. The van der Waals surface area contributed by atoms with E-state index in [1.165, 1.54) is 0 Å². The Bertz CT molecular complexity index is 673. The summed E-state index contributed by atoms with van der Waals surface area (Å²) in [5, 5.41) is 5.99. The number of nitrogen functional groups attached to an aromatic ring is 1. The molecule has 0 bridgehead atoms. The fourth-order valence-electron chi connectivity index (χ4n) is 1.73. The van der Waals surface area contributed by atoms with E-state index < -0.39 is 0 Å². The zero-order chi connectivity index (χ0) is 12.5. The number of nitrogens with two attached hydrogens (primary N) is 1. The van der Waals surface area contributed by atoms with Crippen LogP contribution in [0.1, 0.15) is 5.56 Å². The van der Waals surface area contributed by atoms with Crippen LogP contribution in [0.2, 0.25) is 0 Å². The molecular weight excluding hydrogens is 246 g/mol. The van der Waals surface area contributed by atoms with Gasteiger partial charge in [-0.3, -0.25) is 0 Å². The standard InChI is InChI=1S/C13H11N3OS/c1-8-9(4-2-5-10(8)14)12-15-13(17-16-12)11-6-3-7-18-11/h2-7H,14H2,1H3. The van der Waals surface area contributed by atoms with Crippen molar-refractivity contribution in [1.82, 2.24) is 10.1 Å². The van der Waals surface area contributed by atoms with Crippen LogP contribution in [0, 0.1) is 6.92 Å². The quantitative estimate of drug-likeness (QED) is 0.715. The van der Waals surface area contributed by atoms with E-state index >= 15 is 0 Å². The summed E-state index contributed by atoms with van der Waals surface area (Å²) in [6, 6.07) is 9.59. The molecule has 18 heavy (non-hydrogen) atoms. The van der Waals surface area contributed by atoms with Gasteiger partial charge in [-0.05, 0) is 30.0 Å². The molecule has 5 heteroatoms. The van der Waals surface area contributed by atoms with E-state index in [1.54, 1.807) is 11.3 Å². The summed E-state index contributed by atoms with van der Waals surface area (Å²) in [5.41, 5.74) is 8.48. The molecule has 4 nitrogen and oxygen atoms in total. The number of nitrogens with zero attached hydrogens (tertiary/aromatic N) is 2. The third-order valence-electron chi connectivity index (χ3n) is 2.77. The van der Waals surface area contributed by atoms with Gasteiger partial charge >= 0.3 is 0 Å². The fourth-order valence-corrected chi connectivity index (χ4v) is 2.37. The SMILES string of the molecule is Cc1c(N)cccc1-c1noc(-c2cccs2)n1. The Morgan fingerprint density at radius 1 is 1.22 bits per heavy atom. The molecule has 3 aromatic rings. The monoisotopic (exact) mass is 257 g/mol. The van der Waals surface area contributed by atoms with E-state index in [4.69, 9.17) is 10.3 Å². The van der Waals surface area contributed by atoms with Gasteiger partial charge in [0.25, 0.3) is 5.89 Å². The third kappa shape index (κ3) is 1.78. The highest BCUT2D eigenvalue weighted by Gasteiger charge is 2.13. The molecule has 0 atom stereocenters. The molecule has 0 radical (unpaired) electrons. The molecule has 0 amide bonds. The summed E-state index contributed by atoms with van der Waals surface area (Å²) in [5.74, 6) is 1.12. The Labute approximate surface area is 108 Å². The Hall–Kier alpha value is -2.14. The zero-order valence-corrected chi connectivity index (χ0v) is 10.6. The van der Waals surface area contributed by atoms with Crippen LogP contribution in [-0.4, -0.2) is 10.1 Å². The number of thiophene rings is 1. The van der Waals surface area contributed by atoms with E-state index in [0.29, 0.717) is 11.7 Å². The average molecular weight is 257 g/mol. The molecule has 0 fully saturated rings. The maximum atomic E-state index is 5.88. The van der Waals surface area contributed by atoms with Gasteiger partial charge < -0.3 is 10.3 Å². The molecule has 2 N–H and O–H groups in total. The molecule has 1 aromatic carbocycles. The lowest BCUT2D eigenvalue weighted by Gasteiger charge is -2.03. The van der Waals surface area contributed by atoms with Gasteiger partial charge in [0.2, 0.25) is 5.82 Å². The normalized spacial score (nSPS) is 10.7. The molecule has 3 rings (SSSR count). The minimum absolute atomic E-state index is 0.543. The predicted molar refractivity (Wildman–Crippen MR) is 72.2 cm³/mol. The second-order valence-corrected chi connectivity index (χ2v) is 4.87. The number of rotatable bonds is 2. The highest BCUT2D eigenvalue weighted by molar-refractivity contribution is 7.13. The lowest BCUT2D eigenvalue weighted by atomic mass is 10.1. The first-order chi connectivity index (χ1) is 8.75. The summed E-state index contributed by atoms with van der Waals surface area (Å²) >= 11 is 1.57. The number of benzene rings is 1. The summed E-state index contributed by atoms with van der Waals surface area (Å²) in [6.45, 7) is 1.95. The molecule has 2 aromatic heterocycles. The smallest absolute Gasteiger partial charge is 0.268 e. The van der Waals surface area contributed by atoms with Gasteiger partial charge in [0.15, 0.2) is 0 Å².